The molecule has 0 heterocycles. The fourth-order valence-corrected chi connectivity index (χ4v) is 8.76. The van der Waals surface area contributed by atoms with E-state index in [4.69, 9.17) is 9.47 Å². The van der Waals surface area contributed by atoms with E-state index < -0.39 is 17.1 Å². The summed E-state index contributed by atoms with van der Waals surface area (Å²) < 4.78 is 11.4. The summed E-state index contributed by atoms with van der Waals surface area (Å²) in [5.41, 5.74) is -0.0625. The number of rotatable bonds is 6. The standard InChI is InChI=1S/C32H50O5/c1-19(2)20(3)9-10-21(4)26-11-12-27-25-17-29(37-23(6)34)32(35)18-24(36-22(5)33)13-16-31(32,8)28(25)14-15-30(26,27)7/h9-10,17,19-21,24,26-29,35H,11-16,18H2,1-8H3/b10-9+/t20-,21+,24+,26+,27+,28+,29+,30-,31-,32+/m0/s1. The molecule has 3 saturated carbocycles. The van der Waals surface area contributed by atoms with Crippen molar-refractivity contribution in [1.29, 1.82) is 0 Å². The first-order valence-electron chi connectivity index (χ1n) is 14.7. The largest absolute Gasteiger partial charge is 0.462 e. The molecule has 3 fully saturated rings. The molecule has 0 aliphatic heterocycles. The first kappa shape index (κ1) is 28.4. The van der Waals surface area contributed by atoms with Crippen LogP contribution in [0.4, 0.5) is 0 Å². The lowest BCUT2D eigenvalue weighted by Gasteiger charge is -2.62. The Kier molecular flexibility index (Phi) is 7.80. The number of aliphatic hydroxyl groups is 1. The van der Waals surface area contributed by atoms with Crippen LogP contribution in [-0.4, -0.2) is 34.9 Å². The Hall–Kier alpha value is -1.62. The fourth-order valence-electron chi connectivity index (χ4n) is 8.76. The maximum atomic E-state index is 12.3. The van der Waals surface area contributed by atoms with Crippen LogP contribution in [0.5, 0.6) is 0 Å². The van der Waals surface area contributed by atoms with Gasteiger partial charge in [0.25, 0.3) is 0 Å². The van der Waals surface area contributed by atoms with Gasteiger partial charge in [0.2, 0.25) is 0 Å². The number of carbonyl (C=O) groups excluding carboxylic acids is 2. The molecule has 0 aromatic heterocycles. The van der Waals surface area contributed by atoms with E-state index in [1.807, 2.05) is 0 Å². The summed E-state index contributed by atoms with van der Waals surface area (Å²) in [5.74, 6) is 2.35. The summed E-state index contributed by atoms with van der Waals surface area (Å²) in [5, 5.41) is 12.3. The van der Waals surface area contributed by atoms with Crippen molar-refractivity contribution in [2.24, 2.45) is 46.3 Å². The van der Waals surface area contributed by atoms with E-state index >= 15 is 0 Å². The van der Waals surface area contributed by atoms with Gasteiger partial charge in [-0.1, -0.05) is 59.3 Å². The second kappa shape index (κ2) is 10.2. The molecule has 5 heteroatoms. The Morgan fingerprint density at radius 2 is 1.62 bits per heavy atom. The quantitative estimate of drug-likeness (QED) is 0.318. The highest BCUT2D eigenvalue weighted by molar-refractivity contribution is 5.67. The van der Waals surface area contributed by atoms with E-state index in [0.717, 1.165) is 32.1 Å². The highest BCUT2D eigenvalue weighted by atomic mass is 16.6. The number of hydrogen-bond acceptors (Lipinski definition) is 5. The van der Waals surface area contributed by atoms with Crippen LogP contribution in [0, 0.1) is 46.3 Å². The minimum Gasteiger partial charge on any atom is -0.462 e. The summed E-state index contributed by atoms with van der Waals surface area (Å²) in [6.45, 7) is 16.8. The molecule has 0 aromatic rings. The molecule has 0 spiro atoms. The fraction of sp³-hybridized carbons (Fsp3) is 0.812. The molecule has 4 aliphatic carbocycles. The van der Waals surface area contributed by atoms with E-state index in [0.29, 0.717) is 36.0 Å². The van der Waals surface area contributed by atoms with Gasteiger partial charge in [-0.15, -0.1) is 0 Å². The summed E-state index contributed by atoms with van der Waals surface area (Å²) in [7, 11) is 0. The lowest BCUT2D eigenvalue weighted by Crippen LogP contribution is -2.66. The zero-order valence-corrected chi connectivity index (χ0v) is 24.4. The van der Waals surface area contributed by atoms with Crippen LogP contribution in [0.3, 0.4) is 0 Å². The van der Waals surface area contributed by atoms with E-state index in [1.54, 1.807) is 0 Å². The Labute approximate surface area is 224 Å². The van der Waals surface area contributed by atoms with Gasteiger partial charge in [0.05, 0.1) is 0 Å². The molecule has 4 aliphatic rings. The molecule has 0 bridgehead atoms. The second-order valence-electron chi connectivity index (χ2n) is 13.7. The van der Waals surface area contributed by atoms with Crippen LogP contribution in [0.15, 0.2) is 23.8 Å². The Morgan fingerprint density at radius 3 is 2.24 bits per heavy atom. The van der Waals surface area contributed by atoms with Crippen LogP contribution in [0.25, 0.3) is 0 Å². The molecule has 1 N–H and O–H groups in total. The first-order chi connectivity index (χ1) is 17.2. The van der Waals surface area contributed by atoms with Crippen LogP contribution >= 0.6 is 0 Å². The van der Waals surface area contributed by atoms with Crippen LogP contribution in [-0.2, 0) is 19.1 Å². The van der Waals surface area contributed by atoms with Crippen molar-refractivity contribution >= 4 is 11.9 Å². The van der Waals surface area contributed by atoms with Crippen molar-refractivity contribution in [3.8, 4) is 0 Å². The van der Waals surface area contributed by atoms with Gasteiger partial charge in [0.1, 0.15) is 17.8 Å². The second-order valence-corrected chi connectivity index (χ2v) is 13.7. The zero-order chi connectivity index (χ0) is 27.3. The lowest BCUT2D eigenvalue weighted by molar-refractivity contribution is -0.225. The van der Waals surface area contributed by atoms with Crippen molar-refractivity contribution in [3.05, 3.63) is 23.8 Å². The highest BCUT2D eigenvalue weighted by Crippen LogP contribution is 2.68. The number of allylic oxidation sites excluding steroid dienone is 3. The lowest BCUT2D eigenvalue weighted by atomic mass is 9.45. The average Bonchev–Trinajstić information content (AvgIpc) is 3.15. The highest BCUT2D eigenvalue weighted by Gasteiger charge is 2.66. The van der Waals surface area contributed by atoms with Crippen molar-refractivity contribution in [1.82, 2.24) is 0 Å². The number of hydrogen-bond donors (Lipinski definition) is 1. The normalized spacial score (nSPS) is 42.9. The zero-order valence-electron chi connectivity index (χ0n) is 24.4. The van der Waals surface area contributed by atoms with Gasteiger partial charge >= 0.3 is 11.9 Å². The predicted octanol–water partition coefficient (Wildman–Crippen LogP) is 6.64. The maximum Gasteiger partial charge on any atom is 0.303 e. The predicted molar refractivity (Wildman–Crippen MR) is 145 cm³/mol. The van der Waals surface area contributed by atoms with Crippen molar-refractivity contribution in [2.75, 3.05) is 0 Å². The van der Waals surface area contributed by atoms with E-state index in [-0.39, 0.29) is 29.4 Å². The first-order valence-corrected chi connectivity index (χ1v) is 14.7. The van der Waals surface area contributed by atoms with Crippen LogP contribution < -0.4 is 0 Å². The molecule has 4 rings (SSSR count). The number of ether oxygens (including phenoxy) is 2. The molecule has 5 nitrogen and oxygen atoms in total. The van der Waals surface area contributed by atoms with Gasteiger partial charge in [-0.3, -0.25) is 9.59 Å². The summed E-state index contributed by atoms with van der Waals surface area (Å²) in [6.07, 6.45) is 12.3. The molecule has 0 saturated heterocycles. The van der Waals surface area contributed by atoms with Gasteiger partial charge in [0, 0.05) is 25.7 Å². The third-order valence-corrected chi connectivity index (χ3v) is 11.3. The van der Waals surface area contributed by atoms with Crippen molar-refractivity contribution in [3.63, 3.8) is 0 Å². The molecule has 208 valence electrons. The summed E-state index contributed by atoms with van der Waals surface area (Å²) in [4.78, 5) is 23.9. The Morgan fingerprint density at radius 1 is 0.946 bits per heavy atom. The molecular formula is C32H50O5. The van der Waals surface area contributed by atoms with E-state index in [9.17, 15) is 14.7 Å². The third kappa shape index (κ3) is 4.83. The monoisotopic (exact) mass is 514 g/mol. The minimum atomic E-state index is -1.25. The molecule has 37 heavy (non-hydrogen) atoms. The molecule has 0 radical (unpaired) electrons. The smallest absolute Gasteiger partial charge is 0.303 e. The van der Waals surface area contributed by atoms with E-state index in [1.165, 1.54) is 25.8 Å². The van der Waals surface area contributed by atoms with Gasteiger partial charge < -0.3 is 14.6 Å². The molecule has 0 aromatic carbocycles. The number of fused-ring (bicyclic) bond motifs is 5. The molecule has 0 unspecified atom stereocenters. The molecule has 10 atom stereocenters. The Bertz CT molecular complexity index is 951. The van der Waals surface area contributed by atoms with Gasteiger partial charge in [-0.05, 0) is 85.5 Å². The summed E-state index contributed by atoms with van der Waals surface area (Å²) >= 11 is 0. The van der Waals surface area contributed by atoms with Crippen LogP contribution in [0.2, 0.25) is 0 Å². The number of carbonyl (C=O) groups is 2. The Balaban J connectivity index is 1.67. The topological polar surface area (TPSA) is 72.8 Å². The minimum absolute atomic E-state index is 0.203. The van der Waals surface area contributed by atoms with Gasteiger partial charge in [-0.2, -0.15) is 0 Å². The van der Waals surface area contributed by atoms with Crippen LogP contribution in [0.1, 0.15) is 100 Å². The van der Waals surface area contributed by atoms with Gasteiger partial charge in [0.15, 0.2) is 0 Å². The van der Waals surface area contributed by atoms with Crippen molar-refractivity contribution < 1.29 is 24.2 Å². The van der Waals surface area contributed by atoms with Gasteiger partial charge in [-0.25, -0.2) is 0 Å². The van der Waals surface area contributed by atoms with E-state index in [2.05, 4.69) is 59.8 Å². The molecular weight excluding hydrogens is 464 g/mol. The number of esters is 2. The SMILES string of the molecule is CC(=O)O[C@@H]1CC[C@@]2(C)[C@@H]3CC[C@]4(C)[C@H](CC[C@@H]4[C@H](C)/C=C/[C@H](C)C(C)C)C3=C[C@@H](OC(C)=O)[C@]2(O)C1. The maximum absolute atomic E-state index is 12.3. The average molecular weight is 515 g/mol. The third-order valence-electron chi connectivity index (χ3n) is 11.3. The molecule has 0 amide bonds. The van der Waals surface area contributed by atoms with Crippen molar-refractivity contribution in [2.45, 2.75) is 118 Å². The summed E-state index contributed by atoms with van der Waals surface area (Å²) in [6, 6.07) is 0.